The SMILES string of the molecule is CCC(=O)N1CCC[C@H](n2c(=O)c(-c3ccccc3Cl)c(C)c3cnc(Nc4ccc(N5CCN(C)CC5)cc4C)nc32)C1. The number of piperidine rings is 1. The van der Waals surface area contributed by atoms with Crippen molar-refractivity contribution in [1.82, 2.24) is 24.3 Å². The van der Waals surface area contributed by atoms with Gasteiger partial charge in [-0.3, -0.25) is 14.2 Å². The fourth-order valence-electron chi connectivity index (χ4n) is 6.50. The van der Waals surface area contributed by atoms with Gasteiger partial charge in [-0.1, -0.05) is 36.7 Å². The first-order valence-electron chi connectivity index (χ1n) is 15.5. The fraction of sp³-hybridized carbons (Fsp3) is 0.412. The normalized spacial score (nSPS) is 17.7. The number of aryl methyl sites for hydroxylation is 2. The third-order valence-corrected chi connectivity index (χ3v) is 9.42. The van der Waals surface area contributed by atoms with Crippen LogP contribution in [0.3, 0.4) is 0 Å². The van der Waals surface area contributed by atoms with E-state index in [1.54, 1.807) is 16.8 Å². The van der Waals surface area contributed by atoms with Gasteiger partial charge < -0.3 is 20.0 Å². The molecule has 2 fully saturated rings. The molecule has 2 aliphatic rings. The second-order valence-electron chi connectivity index (χ2n) is 12.0. The van der Waals surface area contributed by atoms with E-state index < -0.39 is 0 Å². The summed E-state index contributed by atoms with van der Waals surface area (Å²) < 4.78 is 1.78. The van der Waals surface area contributed by atoms with Crippen molar-refractivity contribution < 1.29 is 4.79 Å². The van der Waals surface area contributed by atoms with Crippen molar-refractivity contribution in [3.05, 3.63) is 75.2 Å². The maximum atomic E-state index is 14.4. The molecule has 6 rings (SSSR count). The first kappa shape index (κ1) is 30.1. The van der Waals surface area contributed by atoms with Gasteiger partial charge in [0, 0.05) is 79.2 Å². The number of likely N-dealkylation sites (tertiary alicyclic amines) is 1. The maximum absolute atomic E-state index is 14.4. The predicted molar refractivity (Wildman–Crippen MR) is 178 cm³/mol. The number of likely N-dealkylation sites (N-methyl/N-ethyl adjacent to an activating group) is 1. The molecule has 0 unspecified atom stereocenters. The molecular weight excluding hydrogens is 574 g/mol. The minimum absolute atomic E-state index is 0.0953. The summed E-state index contributed by atoms with van der Waals surface area (Å²) >= 11 is 6.63. The zero-order valence-corrected chi connectivity index (χ0v) is 26.7. The van der Waals surface area contributed by atoms with Crippen LogP contribution in [0, 0.1) is 13.8 Å². The number of nitrogens with zero attached hydrogens (tertiary/aromatic N) is 6. The van der Waals surface area contributed by atoms with E-state index in [0.717, 1.165) is 61.2 Å². The van der Waals surface area contributed by atoms with Gasteiger partial charge >= 0.3 is 0 Å². The van der Waals surface area contributed by atoms with Gasteiger partial charge in [0.1, 0.15) is 5.65 Å². The number of amides is 1. The Morgan fingerprint density at radius 2 is 1.84 bits per heavy atom. The van der Waals surface area contributed by atoms with Crippen LogP contribution >= 0.6 is 11.6 Å². The average molecular weight is 614 g/mol. The molecular formula is C34H40ClN7O2. The summed E-state index contributed by atoms with van der Waals surface area (Å²) in [5.41, 5.74) is 5.63. The van der Waals surface area contributed by atoms with Crippen molar-refractivity contribution in [3.63, 3.8) is 0 Å². The number of nitrogens with one attached hydrogen (secondary N) is 1. The Morgan fingerprint density at radius 3 is 2.57 bits per heavy atom. The Labute approximate surface area is 263 Å². The largest absolute Gasteiger partial charge is 0.369 e. The molecule has 10 heteroatoms. The van der Waals surface area contributed by atoms with E-state index in [0.29, 0.717) is 47.3 Å². The number of halogens is 1. The highest BCUT2D eigenvalue weighted by Crippen LogP contribution is 2.34. The van der Waals surface area contributed by atoms with Crippen LogP contribution in [0.2, 0.25) is 5.02 Å². The summed E-state index contributed by atoms with van der Waals surface area (Å²) in [6.07, 6.45) is 3.81. The Balaban J connectivity index is 1.42. The Kier molecular flexibility index (Phi) is 8.60. The zero-order chi connectivity index (χ0) is 31.0. The van der Waals surface area contributed by atoms with Crippen LogP contribution in [0.25, 0.3) is 22.2 Å². The highest BCUT2D eigenvalue weighted by molar-refractivity contribution is 6.33. The summed E-state index contributed by atoms with van der Waals surface area (Å²) in [7, 11) is 2.16. The van der Waals surface area contributed by atoms with Crippen LogP contribution in [0.1, 0.15) is 43.4 Å². The second kappa shape index (κ2) is 12.6. The molecule has 4 aromatic rings. The van der Waals surface area contributed by atoms with E-state index in [2.05, 4.69) is 47.3 Å². The third kappa shape index (κ3) is 5.78. The molecule has 0 aliphatic carbocycles. The minimum Gasteiger partial charge on any atom is -0.369 e. The first-order chi connectivity index (χ1) is 21.2. The number of pyridine rings is 1. The molecule has 1 atom stereocenters. The first-order valence-corrected chi connectivity index (χ1v) is 15.9. The number of hydrogen-bond acceptors (Lipinski definition) is 7. The van der Waals surface area contributed by atoms with Crippen molar-refractivity contribution >= 4 is 45.9 Å². The molecule has 0 bridgehead atoms. The van der Waals surface area contributed by atoms with Gasteiger partial charge in [-0.25, -0.2) is 4.98 Å². The van der Waals surface area contributed by atoms with Crippen LogP contribution in [-0.2, 0) is 4.79 Å². The zero-order valence-electron chi connectivity index (χ0n) is 25.9. The van der Waals surface area contributed by atoms with Crippen molar-refractivity contribution in [2.24, 2.45) is 0 Å². The number of hydrogen-bond donors (Lipinski definition) is 1. The Morgan fingerprint density at radius 1 is 1.07 bits per heavy atom. The monoisotopic (exact) mass is 613 g/mol. The molecule has 1 N–H and O–H groups in total. The minimum atomic E-state index is -0.219. The average Bonchev–Trinajstić information content (AvgIpc) is 3.03. The second-order valence-corrected chi connectivity index (χ2v) is 12.4. The molecule has 230 valence electrons. The van der Waals surface area contributed by atoms with Crippen LogP contribution in [0.15, 0.2) is 53.5 Å². The molecule has 9 nitrogen and oxygen atoms in total. The molecule has 44 heavy (non-hydrogen) atoms. The van der Waals surface area contributed by atoms with E-state index in [1.807, 2.05) is 36.9 Å². The molecule has 2 aromatic heterocycles. The van der Waals surface area contributed by atoms with Gasteiger partial charge in [-0.05, 0) is 69.1 Å². The summed E-state index contributed by atoms with van der Waals surface area (Å²) in [4.78, 5) is 43.4. The lowest BCUT2D eigenvalue weighted by Crippen LogP contribution is -2.44. The van der Waals surface area contributed by atoms with Crippen LogP contribution in [0.5, 0.6) is 0 Å². The van der Waals surface area contributed by atoms with Crippen molar-refractivity contribution in [3.8, 4) is 11.1 Å². The van der Waals surface area contributed by atoms with Crippen LogP contribution in [-0.4, -0.2) is 76.6 Å². The van der Waals surface area contributed by atoms with Crippen LogP contribution in [0.4, 0.5) is 17.3 Å². The third-order valence-electron chi connectivity index (χ3n) is 9.09. The van der Waals surface area contributed by atoms with Crippen molar-refractivity contribution in [2.45, 2.75) is 46.1 Å². The number of benzene rings is 2. The van der Waals surface area contributed by atoms with Gasteiger partial charge in [-0.2, -0.15) is 4.98 Å². The van der Waals surface area contributed by atoms with Gasteiger partial charge in [0.2, 0.25) is 11.9 Å². The smallest absolute Gasteiger partial charge is 0.260 e. The van der Waals surface area contributed by atoms with E-state index >= 15 is 0 Å². The standard InChI is InChI=1S/C34H40ClN7O2/c1-5-30(43)41-14-8-9-25(21-41)42-32-27(23(3)31(33(42)44)26-10-6-7-11-28(26)35)20-36-34(38-32)37-29-13-12-24(19-22(29)2)40-17-15-39(4)16-18-40/h6-7,10-13,19-20,25H,5,8-9,14-18,21H2,1-4H3,(H,36,37,38)/t25-/m0/s1. The molecule has 1 amide bonds. The number of carbonyl (C=O) groups excluding carboxylic acids is 1. The quantitative estimate of drug-likeness (QED) is 0.294. The number of anilines is 3. The lowest BCUT2D eigenvalue weighted by atomic mass is 9.98. The van der Waals surface area contributed by atoms with E-state index in [-0.39, 0.29) is 17.5 Å². The highest BCUT2D eigenvalue weighted by Gasteiger charge is 2.29. The maximum Gasteiger partial charge on any atom is 0.260 e. The van der Waals surface area contributed by atoms with Crippen molar-refractivity contribution in [1.29, 1.82) is 0 Å². The highest BCUT2D eigenvalue weighted by atomic mass is 35.5. The summed E-state index contributed by atoms with van der Waals surface area (Å²) in [5, 5.41) is 4.71. The summed E-state index contributed by atoms with van der Waals surface area (Å²) in [6.45, 7) is 11.2. The molecule has 0 spiro atoms. The molecule has 4 heterocycles. The molecule has 2 aromatic carbocycles. The van der Waals surface area contributed by atoms with Gasteiger partial charge in [0.05, 0.1) is 11.6 Å². The summed E-state index contributed by atoms with van der Waals surface area (Å²) in [6, 6.07) is 13.6. The number of carbonyl (C=O) groups is 1. The van der Waals surface area contributed by atoms with Crippen LogP contribution < -0.4 is 15.8 Å². The topological polar surface area (TPSA) is 86.6 Å². The molecule has 2 saturated heterocycles. The lowest BCUT2D eigenvalue weighted by Gasteiger charge is -2.34. The fourth-order valence-corrected chi connectivity index (χ4v) is 6.73. The Hall–Kier alpha value is -3.95. The van der Waals surface area contributed by atoms with Gasteiger partial charge in [-0.15, -0.1) is 0 Å². The molecule has 2 aliphatic heterocycles. The number of fused-ring (bicyclic) bond motifs is 1. The molecule has 0 radical (unpaired) electrons. The number of rotatable bonds is 6. The van der Waals surface area contributed by atoms with Crippen molar-refractivity contribution in [2.75, 3.05) is 56.5 Å². The van der Waals surface area contributed by atoms with Gasteiger partial charge in [0.25, 0.3) is 5.56 Å². The predicted octanol–water partition coefficient (Wildman–Crippen LogP) is 5.80. The molecule has 0 saturated carbocycles. The van der Waals surface area contributed by atoms with Gasteiger partial charge in [0.15, 0.2) is 0 Å². The number of aromatic nitrogens is 3. The van der Waals surface area contributed by atoms with E-state index in [4.69, 9.17) is 21.6 Å². The lowest BCUT2D eigenvalue weighted by molar-refractivity contribution is -0.132. The van der Waals surface area contributed by atoms with E-state index in [1.165, 1.54) is 5.69 Å². The Bertz CT molecular complexity index is 1760. The van der Waals surface area contributed by atoms with E-state index in [9.17, 15) is 9.59 Å². The number of piperazine rings is 1. The summed E-state index contributed by atoms with van der Waals surface area (Å²) in [5.74, 6) is 0.515.